The quantitative estimate of drug-likeness (QED) is 0.268. The van der Waals surface area contributed by atoms with E-state index >= 15 is 0 Å². The van der Waals surface area contributed by atoms with Gasteiger partial charge in [-0.1, -0.05) is 40.5 Å². The molecule has 4 atom stereocenters. The number of hydrogen-bond acceptors (Lipinski definition) is 7. The van der Waals surface area contributed by atoms with Crippen LogP contribution >= 0.6 is 0 Å². The first kappa shape index (κ1) is 32.1. The molecule has 34 heavy (non-hydrogen) atoms. The van der Waals surface area contributed by atoms with Crippen molar-refractivity contribution in [1.29, 1.82) is 0 Å². The summed E-state index contributed by atoms with van der Waals surface area (Å²) in [5.74, 6) is -0.946. The van der Waals surface area contributed by atoms with Crippen LogP contribution in [0.3, 0.4) is 0 Å². The van der Waals surface area contributed by atoms with Crippen LogP contribution in [0.1, 0.15) is 61.3 Å². The fourth-order valence-electron chi connectivity index (χ4n) is 2.90. The highest BCUT2D eigenvalue weighted by atomic mass is 16.6. The lowest BCUT2D eigenvalue weighted by molar-refractivity contribution is -0.132. The number of nitrogens with one attached hydrogen (secondary N) is 3. The van der Waals surface area contributed by atoms with Crippen LogP contribution < -0.4 is 16.0 Å². The summed E-state index contributed by atoms with van der Waals surface area (Å²) in [6, 6.07) is -1.55. The molecule has 200 valence electrons. The summed E-state index contributed by atoms with van der Waals surface area (Å²) in [6.07, 6.45) is 0.697. The molecule has 0 unspecified atom stereocenters. The summed E-state index contributed by atoms with van der Waals surface area (Å²) >= 11 is 0. The zero-order valence-corrected chi connectivity index (χ0v) is 22.3. The van der Waals surface area contributed by atoms with E-state index in [4.69, 9.17) is 18.9 Å². The van der Waals surface area contributed by atoms with E-state index in [9.17, 15) is 14.4 Å². The molecule has 0 fully saturated rings. The number of carbonyl (C=O) groups excluding carboxylic acids is 3. The van der Waals surface area contributed by atoms with E-state index in [0.717, 1.165) is 0 Å². The van der Waals surface area contributed by atoms with Crippen molar-refractivity contribution in [2.75, 3.05) is 46.7 Å². The monoisotopic (exact) mass is 489 g/mol. The molecule has 3 amide bonds. The Morgan fingerprint density at radius 3 is 1.76 bits per heavy atom. The van der Waals surface area contributed by atoms with Crippen LogP contribution in [-0.2, 0) is 28.5 Å². The van der Waals surface area contributed by atoms with E-state index in [-0.39, 0.29) is 17.7 Å². The summed E-state index contributed by atoms with van der Waals surface area (Å²) in [5, 5.41) is 8.32. The highest BCUT2D eigenvalue weighted by Crippen LogP contribution is 2.13. The SMILES string of the molecule is CC[C@H](C)[C@H](NC(=O)OC(C)(C)C)C(=O)N[C@H](C(=O)NCCOCCOCCOC)[C@@H](C)CC. The Morgan fingerprint density at radius 1 is 0.765 bits per heavy atom. The molecule has 0 aromatic carbocycles. The van der Waals surface area contributed by atoms with Crippen LogP contribution in [0.2, 0.25) is 0 Å². The maximum absolute atomic E-state index is 13.1. The Kier molecular flexibility index (Phi) is 16.5. The second kappa shape index (κ2) is 17.5. The predicted molar refractivity (Wildman–Crippen MR) is 131 cm³/mol. The van der Waals surface area contributed by atoms with Crippen LogP contribution in [0.25, 0.3) is 0 Å². The van der Waals surface area contributed by atoms with Crippen molar-refractivity contribution in [3.05, 3.63) is 0 Å². The van der Waals surface area contributed by atoms with E-state index in [1.165, 1.54) is 0 Å². The van der Waals surface area contributed by atoms with Gasteiger partial charge in [-0.05, 0) is 32.6 Å². The van der Waals surface area contributed by atoms with Gasteiger partial charge in [0.1, 0.15) is 17.7 Å². The van der Waals surface area contributed by atoms with Gasteiger partial charge in [-0.3, -0.25) is 9.59 Å². The van der Waals surface area contributed by atoms with Gasteiger partial charge in [0.15, 0.2) is 0 Å². The first-order valence-corrected chi connectivity index (χ1v) is 12.2. The highest BCUT2D eigenvalue weighted by Gasteiger charge is 2.32. The molecule has 3 N–H and O–H groups in total. The molecule has 0 aromatic heterocycles. The summed E-state index contributed by atoms with van der Waals surface area (Å²) in [7, 11) is 1.61. The van der Waals surface area contributed by atoms with Gasteiger partial charge in [-0.2, -0.15) is 0 Å². The number of rotatable bonds is 17. The van der Waals surface area contributed by atoms with E-state index in [1.807, 2.05) is 27.7 Å². The molecule has 0 saturated carbocycles. The van der Waals surface area contributed by atoms with E-state index in [2.05, 4.69) is 16.0 Å². The van der Waals surface area contributed by atoms with Crippen molar-refractivity contribution in [2.45, 2.75) is 79.0 Å². The Morgan fingerprint density at radius 2 is 1.26 bits per heavy atom. The number of amides is 3. The topological polar surface area (TPSA) is 124 Å². The molecular formula is C24H47N3O7. The molecule has 0 heterocycles. The van der Waals surface area contributed by atoms with Crippen molar-refractivity contribution >= 4 is 17.9 Å². The Hall–Kier alpha value is -1.91. The molecule has 0 aliphatic carbocycles. The standard InChI is InChI=1S/C24H47N3O7/c1-9-17(3)19(21(28)25-11-12-32-15-16-33-14-13-31-8)26-22(29)20(18(4)10-2)27-23(30)34-24(5,6)7/h17-20H,9-16H2,1-8H3,(H,25,28)(H,26,29)(H,27,30)/t17-,18-,19-,20-/m0/s1. The normalized spacial score (nSPS) is 15.1. The molecule has 0 radical (unpaired) electrons. The van der Waals surface area contributed by atoms with Crippen LogP contribution in [0.15, 0.2) is 0 Å². The average Bonchev–Trinajstić information content (AvgIpc) is 2.77. The predicted octanol–water partition coefficient (Wildman–Crippen LogP) is 2.25. The van der Waals surface area contributed by atoms with Crippen LogP contribution in [0.4, 0.5) is 4.79 Å². The van der Waals surface area contributed by atoms with Gasteiger partial charge in [-0.15, -0.1) is 0 Å². The van der Waals surface area contributed by atoms with E-state index < -0.39 is 29.7 Å². The van der Waals surface area contributed by atoms with Crippen molar-refractivity contribution in [1.82, 2.24) is 16.0 Å². The number of hydrogen-bond donors (Lipinski definition) is 3. The summed E-state index contributed by atoms with van der Waals surface area (Å²) in [6.45, 7) is 15.5. The smallest absolute Gasteiger partial charge is 0.408 e. The number of alkyl carbamates (subject to hydrolysis) is 1. The van der Waals surface area contributed by atoms with Gasteiger partial charge in [-0.25, -0.2) is 4.79 Å². The van der Waals surface area contributed by atoms with Crippen LogP contribution in [0, 0.1) is 11.8 Å². The molecular weight excluding hydrogens is 442 g/mol. The maximum atomic E-state index is 13.1. The molecule has 0 saturated heterocycles. The number of ether oxygens (including phenoxy) is 4. The largest absolute Gasteiger partial charge is 0.444 e. The van der Waals surface area contributed by atoms with Gasteiger partial charge < -0.3 is 34.9 Å². The first-order valence-electron chi connectivity index (χ1n) is 12.2. The Bertz CT molecular complexity index is 596. The van der Waals surface area contributed by atoms with Gasteiger partial charge in [0.05, 0.1) is 33.0 Å². The number of methoxy groups -OCH3 is 1. The summed E-state index contributed by atoms with van der Waals surface area (Å²) in [4.78, 5) is 38.2. The molecule has 0 aromatic rings. The van der Waals surface area contributed by atoms with E-state index in [1.54, 1.807) is 27.9 Å². The molecule has 0 aliphatic heterocycles. The lowest BCUT2D eigenvalue weighted by Gasteiger charge is -2.29. The molecule has 0 rings (SSSR count). The lowest BCUT2D eigenvalue weighted by Crippen LogP contribution is -2.57. The fraction of sp³-hybridized carbons (Fsp3) is 0.875. The zero-order valence-electron chi connectivity index (χ0n) is 22.3. The van der Waals surface area contributed by atoms with Gasteiger partial charge in [0, 0.05) is 13.7 Å². The minimum atomic E-state index is -0.819. The third-order valence-electron chi connectivity index (χ3n) is 5.31. The molecule has 0 aliphatic rings. The minimum Gasteiger partial charge on any atom is -0.444 e. The zero-order chi connectivity index (χ0) is 26.1. The van der Waals surface area contributed by atoms with E-state index in [0.29, 0.717) is 52.4 Å². The second-order valence-corrected chi connectivity index (χ2v) is 9.39. The summed E-state index contributed by atoms with van der Waals surface area (Å²) < 4.78 is 21.0. The average molecular weight is 490 g/mol. The maximum Gasteiger partial charge on any atom is 0.408 e. The fourth-order valence-corrected chi connectivity index (χ4v) is 2.90. The van der Waals surface area contributed by atoms with Gasteiger partial charge in [0.25, 0.3) is 0 Å². The third kappa shape index (κ3) is 14.4. The lowest BCUT2D eigenvalue weighted by atomic mass is 9.95. The van der Waals surface area contributed by atoms with Crippen LogP contribution in [-0.4, -0.2) is 82.3 Å². The van der Waals surface area contributed by atoms with Gasteiger partial charge >= 0.3 is 6.09 Å². The highest BCUT2D eigenvalue weighted by molar-refractivity contribution is 5.91. The van der Waals surface area contributed by atoms with Crippen molar-refractivity contribution < 1.29 is 33.3 Å². The minimum absolute atomic E-state index is 0.0989. The second-order valence-electron chi connectivity index (χ2n) is 9.39. The Labute approximate surface area is 205 Å². The molecule has 0 bridgehead atoms. The first-order chi connectivity index (χ1) is 16.0. The van der Waals surface area contributed by atoms with Crippen molar-refractivity contribution in [3.8, 4) is 0 Å². The van der Waals surface area contributed by atoms with Crippen LogP contribution in [0.5, 0.6) is 0 Å². The summed E-state index contributed by atoms with van der Waals surface area (Å²) in [5.41, 5.74) is -0.683. The van der Waals surface area contributed by atoms with Gasteiger partial charge in [0.2, 0.25) is 11.8 Å². The molecule has 10 heteroatoms. The van der Waals surface area contributed by atoms with Crippen molar-refractivity contribution in [3.63, 3.8) is 0 Å². The molecule has 0 spiro atoms. The van der Waals surface area contributed by atoms with Crippen molar-refractivity contribution in [2.24, 2.45) is 11.8 Å². The molecule has 10 nitrogen and oxygen atoms in total. The third-order valence-corrected chi connectivity index (χ3v) is 5.31. The Balaban J connectivity index is 4.86. The number of carbonyl (C=O) groups is 3.